The van der Waals surface area contributed by atoms with E-state index in [1.54, 1.807) is 18.2 Å². The highest BCUT2D eigenvalue weighted by atomic mass is 35.5. The Balaban J connectivity index is 2.29. The Morgan fingerprint density at radius 3 is 2.30 bits per heavy atom. The normalized spacial score (nSPS) is 11.9. The first-order valence-electron chi connectivity index (χ1n) is 6.05. The number of primary amides is 1. The highest BCUT2D eigenvalue weighted by Crippen LogP contribution is 2.27. The molecule has 20 heavy (non-hydrogen) atoms. The fourth-order valence-corrected chi connectivity index (χ4v) is 2.13. The summed E-state index contributed by atoms with van der Waals surface area (Å²) in [6.45, 7) is 1.99. The van der Waals surface area contributed by atoms with Crippen LogP contribution in [0.25, 0.3) is 0 Å². The summed E-state index contributed by atoms with van der Waals surface area (Å²) in [6.07, 6.45) is 0. The van der Waals surface area contributed by atoms with E-state index in [1.165, 1.54) is 0 Å². The fraction of sp³-hybridized carbons (Fsp3) is 0.133. The van der Waals surface area contributed by atoms with Crippen molar-refractivity contribution in [1.29, 1.82) is 0 Å². The number of benzene rings is 2. The summed E-state index contributed by atoms with van der Waals surface area (Å²) in [5.41, 5.74) is 8.08. The number of carbonyl (C=O) groups excluding carboxylic acids is 1. The summed E-state index contributed by atoms with van der Waals surface area (Å²) >= 11 is 11.8. The van der Waals surface area contributed by atoms with Gasteiger partial charge in [-0.1, -0.05) is 47.0 Å². The molecule has 0 bridgehead atoms. The van der Waals surface area contributed by atoms with E-state index in [0.29, 0.717) is 15.6 Å². The Hall–Kier alpha value is -1.71. The molecule has 0 saturated heterocycles. The van der Waals surface area contributed by atoms with E-state index in [1.807, 2.05) is 31.2 Å². The van der Waals surface area contributed by atoms with Crippen LogP contribution >= 0.6 is 23.2 Å². The predicted molar refractivity (Wildman–Crippen MR) is 83.2 cm³/mol. The standard InChI is InChI=1S/C15H14Cl2N2O/c1-9-2-5-11(6-3-9)19-14(15(18)20)10-4-7-12(16)13(17)8-10/h2-8,14,19H,1H3,(H2,18,20). The first kappa shape index (κ1) is 14.7. The van der Waals surface area contributed by atoms with Crippen LogP contribution in [0.4, 0.5) is 5.69 Å². The highest BCUT2D eigenvalue weighted by Gasteiger charge is 2.18. The lowest BCUT2D eigenvalue weighted by molar-refractivity contribution is -0.118. The molecule has 1 unspecified atom stereocenters. The van der Waals surface area contributed by atoms with E-state index < -0.39 is 11.9 Å². The van der Waals surface area contributed by atoms with Crippen molar-refractivity contribution >= 4 is 34.8 Å². The van der Waals surface area contributed by atoms with Gasteiger partial charge in [-0.05, 0) is 36.8 Å². The molecule has 1 amide bonds. The molecule has 0 spiro atoms. The quantitative estimate of drug-likeness (QED) is 0.899. The van der Waals surface area contributed by atoms with E-state index in [2.05, 4.69) is 5.32 Å². The summed E-state index contributed by atoms with van der Waals surface area (Å²) in [6, 6.07) is 12.0. The molecular weight excluding hydrogens is 295 g/mol. The van der Waals surface area contributed by atoms with Gasteiger partial charge in [0.2, 0.25) is 5.91 Å². The van der Waals surface area contributed by atoms with Crippen molar-refractivity contribution < 1.29 is 4.79 Å². The van der Waals surface area contributed by atoms with E-state index in [4.69, 9.17) is 28.9 Å². The molecule has 0 saturated carbocycles. The van der Waals surface area contributed by atoms with Crippen LogP contribution in [0.3, 0.4) is 0 Å². The van der Waals surface area contributed by atoms with Gasteiger partial charge in [0, 0.05) is 5.69 Å². The molecule has 0 aromatic heterocycles. The molecule has 2 rings (SSSR count). The first-order chi connectivity index (χ1) is 9.47. The van der Waals surface area contributed by atoms with Crippen molar-refractivity contribution in [3.63, 3.8) is 0 Å². The third kappa shape index (κ3) is 3.44. The number of hydrogen-bond acceptors (Lipinski definition) is 2. The van der Waals surface area contributed by atoms with Gasteiger partial charge in [-0.15, -0.1) is 0 Å². The van der Waals surface area contributed by atoms with Gasteiger partial charge in [-0.3, -0.25) is 4.79 Å². The molecule has 0 radical (unpaired) electrons. The Morgan fingerprint density at radius 1 is 1.10 bits per heavy atom. The molecule has 0 fully saturated rings. The molecule has 1 atom stereocenters. The van der Waals surface area contributed by atoms with E-state index >= 15 is 0 Å². The molecule has 0 heterocycles. The highest BCUT2D eigenvalue weighted by molar-refractivity contribution is 6.42. The minimum atomic E-state index is -0.660. The van der Waals surface area contributed by atoms with Crippen LogP contribution in [0.2, 0.25) is 10.0 Å². The van der Waals surface area contributed by atoms with Gasteiger partial charge >= 0.3 is 0 Å². The van der Waals surface area contributed by atoms with E-state index in [0.717, 1.165) is 11.3 Å². The average Bonchev–Trinajstić information content (AvgIpc) is 2.41. The second-order valence-corrected chi connectivity index (χ2v) is 5.33. The smallest absolute Gasteiger partial charge is 0.244 e. The lowest BCUT2D eigenvalue weighted by atomic mass is 10.1. The number of amides is 1. The molecular formula is C15H14Cl2N2O. The van der Waals surface area contributed by atoms with Crippen molar-refractivity contribution in [2.75, 3.05) is 5.32 Å². The van der Waals surface area contributed by atoms with E-state index in [-0.39, 0.29) is 0 Å². The summed E-state index contributed by atoms with van der Waals surface area (Å²) in [5, 5.41) is 3.92. The van der Waals surface area contributed by atoms with Crippen LogP contribution in [-0.2, 0) is 4.79 Å². The SMILES string of the molecule is Cc1ccc(NC(C(N)=O)c2ccc(Cl)c(Cl)c2)cc1. The third-order valence-electron chi connectivity index (χ3n) is 2.92. The van der Waals surface area contributed by atoms with E-state index in [9.17, 15) is 4.79 Å². The number of hydrogen-bond donors (Lipinski definition) is 2. The number of rotatable bonds is 4. The van der Waals surface area contributed by atoms with Crippen molar-refractivity contribution in [1.82, 2.24) is 0 Å². The first-order valence-corrected chi connectivity index (χ1v) is 6.80. The van der Waals surface area contributed by atoms with Gasteiger partial charge in [0.15, 0.2) is 0 Å². The molecule has 0 aliphatic heterocycles. The van der Waals surface area contributed by atoms with Crippen LogP contribution in [0.5, 0.6) is 0 Å². The largest absolute Gasteiger partial charge is 0.370 e. The van der Waals surface area contributed by atoms with Gasteiger partial charge in [0.1, 0.15) is 6.04 Å². The Bertz CT molecular complexity index is 626. The van der Waals surface area contributed by atoms with Crippen LogP contribution in [-0.4, -0.2) is 5.91 Å². The second-order valence-electron chi connectivity index (χ2n) is 4.52. The van der Waals surface area contributed by atoms with Gasteiger partial charge in [0.05, 0.1) is 10.0 Å². The van der Waals surface area contributed by atoms with Crippen LogP contribution < -0.4 is 11.1 Å². The van der Waals surface area contributed by atoms with Crippen LogP contribution in [0.15, 0.2) is 42.5 Å². The average molecular weight is 309 g/mol. The Kier molecular flexibility index (Phi) is 4.53. The minimum Gasteiger partial charge on any atom is -0.370 e. The van der Waals surface area contributed by atoms with Crippen LogP contribution in [0.1, 0.15) is 17.2 Å². The monoisotopic (exact) mass is 308 g/mol. The van der Waals surface area contributed by atoms with Crippen LogP contribution in [0, 0.1) is 6.92 Å². The summed E-state index contributed by atoms with van der Waals surface area (Å²) in [5.74, 6) is -0.482. The predicted octanol–water partition coefficient (Wildman–Crippen LogP) is 3.94. The summed E-state index contributed by atoms with van der Waals surface area (Å²) in [7, 11) is 0. The van der Waals surface area contributed by atoms with Crippen molar-refractivity contribution in [2.24, 2.45) is 5.73 Å². The zero-order valence-corrected chi connectivity index (χ0v) is 12.4. The number of nitrogens with two attached hydrogens (primary N) is 1. The maximum atomic E-state index is 11.7. The summed E-state index contributed by atoms with van der Waals surface area (Å²) < 4.78 is 0. The second kappa shape index (κ2) is 6.16. The van der Waals surface area contributed by atoms with Gasteiger partial charge in [-0.25, -0.2) is 0 Å². The lowest BCUT2D eigenvalue weighted by Crippen LogP contribution is -2.27. The van der Waals surface area contributed by atoms with Crippen molar-refractivity contribution in [2.45, 2.75) is 13.0 Å². The molecule has 5 heteroatoms. The molecule has 104 valence electrons. The number of halogens is 2. The fourth-order valence-electron chi connectivity index (χ4n) is 1.83. The molecule has 0 aliphatic carbocycles. The zero-order valence-electron chi connectivity index (χ0n) is 10.9. The molecule has 0 aliphatic rings. The molecule has 3 nitrogen and oxygen atoms in total. The topological polar surface area (TPSA) is 55.1 Å². The van der Waals surface area contributed by atoms with Crippen molar-refractivity contribution in [3.05, 3.63) is 63.6 Å². The molecule has 2 aromatic carbocycles. The van der Waals surface area contributed by atoms with Crippen molar-refractivity contribution in [3.8, 4) is 0 Å². The molecule has 3 N–H and O–H groups in total. The third-order valence-corrected chi connectivity index (χ3v) is 3.66. The number of nitrogens with one attached hydrogen (secondary N) is 1. The Morgan fingerprint density at radius 2 is 1.75 bits per heavy atom. The van der Waals surface area contributed by atoms with Gasteiger partial charge in [-0.2, -0.15) is 0 Å². The zero-order chi connectivity index (χ0) is 14.7. The van der Waals surface area contributed by atoms with Gasteiger partial charge in [0.25, 0.3) is 0 Å². The maximum absolute atomic E-state index is 11.7. The lowest BCUT2D eigenvalue weighted by Gasteiger charge is -2.17. The number of carbonyl (C=O) groups is 1. The Labute approximate surface area is 127 Å². The number of anilines is 1. The maximum Gasteiger partial charge on any atom is 0.244 e. The minimum absolute atomic E-state index is 0.390. The number of aryl methyl sites for hydroxylation is 1. The molecule has 2 aromatic rings. The summed E-state index contributed by atoms with van der Waals surface area (Å²) in [4.78, 5) is 11.7. The van der Waals surface area contributed by atoms with Gasteiger partial charge < -0.3 is 11.1 Å².